The third-order valence-corrected chi connectivity index (χ3v) is 9.95. The lowest BCUT2D eigenvalue weighted by atomic mass is 9.78. The van der Waals surface area contributed by atoms with E-state index in [4.69, 9.17) is 14.2 Å². The largest absolute Gasteiger partial charge is 0.496 e. The van der Waals surface area contributed by atoms with Gasteiger partial charge < -0.3 is 19.1 Å². The maximum Gasteiger partial charge on any atom is 0.332 e. The minimum atomic E-state index is -0.534. The standard InChI is InChI=1S/C40H55N3O5/c1-27(2)43-25-34(23-41-43)32-9-8-10-35(22-32)42(24-29-11-13-30(14-12-29)33-17-20-37(46-7)28(3)21-33)39(45)31-15-18-36(19-16-31)47-26-38(44)48-40(4,5)6/h8-10,17,20-23,25,27,29-31,36H,11-16,18-19,24,26H2,1-7H3. The average Bonchev–Trinajstić information content (AvgIpc) is 3.57. The minimum Gasteiger partial charge on any atom is -0.496 e. The molecule has 48 heavy (non-hydrogen) atoms. The Kier molecular flexibility index (Phi) is 11.7. The van der Waals surface area contributed by atoms with E-state index in [0.29, 0.717) is 11.8 Å². The van der Waals surface area contributed by atoms with Crippen LogP contribution in [0.4, 0.5) is 5.69 Å². The van der Waals surface area contributed by atoms with E-state index in [2.05, 4.69) is 79.4 Å². The van der Waals surface area contributed by atoms with Gasteiger partial charge in [0.25, 0.3) is 0 Å². The number of anilines is 1. The number of ether oxygens (including phenoxy) is 3. The number of aromatic nitrogens is 2. The number of hydrogen-bond donors (Lipinski definition) is 0. The van der Waals surface area contributed by atoms with Gasteiger partial charge >= 0.3 is 5.97 Å². The number of nitrogens with zero attached hydrogens (tertiary/aromatic N) is 3. The molecule has 1 amide bonds. The van der Waals surface area contributed by atoms with Crippen LogP contribution in [0.5, 0.6) is 5.75 Å². The highest BCUT2D eigenvalue weighted by atomic mass is 16.6. The number of amides is 1. The van der Waals surface area contributed by atoms with Crippen molar-refractivity contribution < 1.29 is 23.8 Å². The summed E-state index contributed by atoms with van der Waals surface area (Å²) >= 11 is 0. The van der Waals surface area contributed by atoms with Crippen molar-refractivity contribution in [3.63, 3.8) is 0 Å². The molecule has 5 rings (SSSR count). The molecule has 0 bridgehead atoms. The summed E-state index contributed by atoms with van der Waals surface area (Å²) in [4.78, 5) is 28.7. The highest BCUT2D eigenvalue weighted by Gasteiger charge is 2.33. The quantitative estimate of drug-likeness (QED) is 0.192. The van der Waals surface area contributed by atoms with E-state index in [1.165, 1.54) is 11.1 Å². The van der Waals surface area contributed by atoms with Crippen LogP contribution in [0.1, 0.15) is 109 Å². The van der Waals surface area contributed by atoms with Crippen molar-refractivity contribution >= 4 is 17.6 Å². The van der Waals surface area contributed by atoms with E-state index in [0.717, 1.165) is 80.5 Å². The minimum absolute atomic E-state index is 0.0345. The van der Waals surface area contributed by atoms with Gasteiger partial charge in [-0.25, -0.2) is 4.79 Å². The lowest BCUT2D eigenvalue weighted by molar-refractivity contribution is -0.163. The molecule has 0 spiro atoms. The number of methoxy groups -OCH3 is 1. The Morgan fingerprint density at radius 2 is 1.69 bits per heavy atom. The fraction of sp³-hybridized carbons (Fsp3) is 0.575. The summed E-state index contributed by atoms with van der Waals surface area (Å²) in [7, 11) is 1.72. The molecule has 2 aliphatic rings. The van der Waals surface area contributed by atoms with Gasteiger partial charge in [0.1, 0.15) is 18.0 Å². The first-order chi connectivity index (χ1) is 22.9. The first-order valence-electron chi connectivity index (χ1n) is 17.8. The smallest absolute Gasteiger partial charge is 0.332 e. The van der Waals surface area contributed by atoms with Crippen molar-refractivity contribution in [1.82, 2.24) is 9.78 Å². The van der Waals surface area contributed by atoms with Gasteiger partial charge in [-0.3, -0.25) is 9.48 Å². The Morgan fingerprint density at radius 3 is 2.31 bits per heavy atom. The van der Waals surface area contributed by atoms with Crippen LogP contribution in [0.25, 0.3) is 11.1 Å². The van der Waals surface area contributed by atoms with Crippen LogP contribution >= 0.6 is 0 Å². The molecule has 2 aromatic carbocycles. The molecule has 0 N–H and O–H groups in total. The van der Waals surface area contributed by atoms with Gasteiger partial charge in [0, 0.05) is 36.0 Å². The van der Waals surface area contributed by atoms with Crippen LogP contribution in [0, 0.1) is 18.8 Å². The monoisotopic (exact) mass is 657 g/mol. The molecule has 0 radical (unpaired) electrons. The zero-order chi connectivity index (χ0) is 34.4. The molecular formula is C40H55N3O5. The lowest BCUT2D eigenvalue weighted by Gasteiger charge is -2.36. The van der Waals surface area contributed by atoms with Crippen LogP contribution in [-0.4, -0.2) is 53.6 Å². The molecule has 260 valence electrons. The third kappa shape index (κ3) is 9.28. The van der Waals surface area contributed by atoms with Gasteiger partial charge in [-0.1, -0.05) is 24.3 Å². The molecule has 0 unspecified atom stereocenters. The Morgan fingerprint density at radius 1 is 0.958 bits per heavy atom. The van der Waals surface area contributed by atoms with E-state index in [1.807, 2.05) is 31.6 Å². The van der Waals surface area contributed by atoms with Crippen molar-refractivity contribution in [3.8, 4) is 16.9 Å². The Hall–Kier alpha value is -3.65. The molecule has 8 nitrogen and oxygen atoms in total. The normalized spacial score (nSPS) is 21.6. The van der Waals surface area contributed by atoms with Crippen LogP contribution in [0.2, 0.25) is 0 Å². The van der Waals surface area contributed by atoms with Crippen LogP contribution < -0.4 is 9.64 Å². The summed E-state index contributed by atoms with van der Waals surface area (Å²) < 4.78 is 18.8. The van der Waals surface area contributed by atoms with Gasteiger partial charge in [0.2, 0.25) is 5.91 Å². The van der Waals surface area contributed by atoms with E-state index in [9.17, 15) is 9.59 Å². The molecule has 1 heterocycles. The summed E-state index contributed by atoms with van der Waals surface area (Å²) in [5.41, 5.74) is 5.10. The van der Waals surface area contributed by atoms with E-state index in [1.54, 1.807) is 7.11 Å². The number of esters is 1. The molecule has 2 aliphatic carbocycles. The van der Waals surface area contributed by atoms with Gasteiger partial charge in [-0.15, -0.1) is 0 Å². The molecule has 0 aliphatic heterocycles. The Bertz CT molecular complexity index is 1520. The molecule has 3 aromatic rings. The number of rotatable bonds is 11. The zero-order valence-corrected chi connectivity index (χ0v) is 30.0. The maximum atomic E-state index is 14.4. The van der Waals surface area contributed by atoms with E-state index >= 15 is 0 Å². The highest BCUT2D eigenvalue weighted by molar-refractivity contribution is 5.95. The van der Waals surface area contributed by atoms with Crippen LogP contribution in [-0.2, 0) is 19.1 Å². The van der Waals surface area contributed by atoms with Crippen LogP contribution in [0.15, 0.2) is 54.9 Å². The second-order valence-electron chi connectivity index (χ2n) is 15.1. The van der Waals surface area contributed by atoms with Gasteiger partial charge in [-0.2, -0.15) is 5.10 Å². The molecule has 2 fully saturated rings. The predicted octanol–water partition coefficient (Wildman–Crippen LogP) is 8.67. The zero-order valence-electron chi connectivity index (χ0n) is 30.0. The second-order valence-corrected chi connectivity index (χ2v) is 15.1. The summed E-state index contributed by atoms with van der Waals surface area (Å²) in [6.45, 7) is 12.6. The SMILES string of the molecule is COc1ccc(C2CCC(CN(C(=O)C3CCC(OCC(=O)OC(C)(C)C)CC3)c3cccc(-c4cnn(C(C)C)c4)c3)CC2)cc1C. The first kappa shape index (κ1) is 35.7. The predicted molar refractivity (Wildman–Crippen MR) is 190 cm³/mol. The maximum absolute atomic E-state index is 14.4. The van der Waals surface area contributed by atoms with Crippen molar-refractivity contribution in [2.75, 3.05) is 25.2 Å². The van der Waals surface area contributed by atoms with E-state index in [-0.39, 0.29) is 36.5 Å². The molecule has 2 saturated carbocycles. The number of hydrogen-bond acceptors (Lipinski definition) is 6. The second kappa shape index (κ2) is 15.7. The number of carbonyl (C=O) groups is 2. The summed E-state index contributed by atoms with van der Waals surface area (Å²) in [5, 5.41) is 4.55. The molecule has 0 atom stereocenters. The lowest BCUT2D eigenvalue weighted by Crippen LogP contribution is -2.42. The highest BCUT2D eigenvalue weighted by Crippen LogP contribution is 2.39. The van der Waals surface area contributed by atoms with Crippen molar-refractivity contribution in [3.05, 3.63) is 66.0 Å². The summed E-state index contributed by atoms with van der Waals surface area (Å²) in [6, 6.07) is 15.3. The number of benzene rings is 2. The van der Waals surface area contributed by atoms with Gasteiger partial charge in [0.05, 0.1) is 19.4 Å². The van der Waals surface area contributed by atoms with Crippen LogP contribution in [0.3, 0.4) is 0 Å². The summed E-state index contributed by atoms with van der Waals surface area (Å²) in [5.74, 6) is 1.68. The van der Waals surface area contributed by atoms with Gasteiger partial charge in [-0.05, 0) is 140 Å². The van der Waals surface area contributed by atoms with Crippen molar-refractivity contribution in [2.24, 2.45) is 11.8 Å². The Labute approximate surface area is 287 Å². The summed E-state index contributed by atoms with van der Waals surface area (Å²) in [6.07, 6.45) is 11.4. The van der Waals surface area contributed by atoms with E-state index < -0.39 is 5.60 Å². The molecule has 1 aromatic heterocycles. The average molecular weight is 658 g/mol. The first-order valence-corrected chi connectivity index (χ1v) is 17.8. The van der Waals surface area contributed by atoms with Crippen molar-refractivity contribution in [1.29, 1.82) is 0 Å². The van der Waals surface area contributed by atoms with Crippen molar-refractivity contribution in [2.45, 2.75) is 117 Å². The molecule has 8 heteroatoms. The topological polar surface area (TPSA) is 82.9 Å². The Balaban J connectivity index is 1.28. The number of aryl methyl sites for hydroxylation is 1. The molecule has 0 saturated heterocycles. The van der Waals surface area contributed by atoms with Gasteiger partial charge in [0.15, 0.2) is 0 Å². The third-order valence-electron chi connectivity index (χ3n) is 9.95. The fourth-order valence-electron chi connectivity index (χ4n) is 7.29. The fourth-order valence-corrected chi connectivity index (χ4v) is 7.29. The number of carbonyl (C=O) groups excluding carboxylic acids is 2. The molecular weight excluding hydrogens is 602 g/mol.